The summed E-state index contributed by atoms with van der Waals surface area (Å²) in [5, 5.41) is 0. The van der Waals surface area contributed by atoms with Gasteiger partial charge < -0.3 is 0 Å². The molecule has 90 valence electrons. The molecule has 0 N–H and O–H groups in total. The van der Waals surface area contributed by atoms with Crippen LogP contribution in [0.25, 0.3) is 0 Å². The molecular weight excluding hydrogens is 180 g/mol. The summed E-state index contributed by atoms with van der Waals surface area (Å²) in [6, 6.07) is 0. The molecule has 0 aromatic carbocycles. The standard InChI is InChI=1S/C15H30/c1-5-6-7-9-13(2)12-15(4)11-8-10-14(15)3/h13-14H,5-12H2,1-4H3. The van der Waals surface area contributed by atoms with Crippen LogP contribution in [0.15, 0.2) is 0 Å². The van der Waals surface area contributed by atoms with Crippen molar-refractivity contribution in [3.63, 3.8) is 0 Å². The van der Waals surface area contributed by atoms with Crippen molar-refractivity contribution in [3.8, 4) is 0 Å². The van der Waals surface area contributed by atoms with Gasteiger partial charge in [-0.3, -0.25) is 0 Å². The molecule has 1 aliphatic rings. The highest BCUT2D eigenvalue weighted by Gasteiger charge is 2.36. The summed E-state index contributed by atoms with van der Waals surface area (Å²) in [6.45, 7) is 9.75. The second-order valence-electron chi connectivity index (χ2n) is 6.25. The van der Waals surface area contributed by atoms with E-state index in [1.165, 1.54) is 51.4 Å². The Morgan fingerprint density at radius 3 is 2.60 bits per heavy atom. The zero-order chi connectivity index (χ0) is 11.3. The van der Waals surface area contributed by atoms with Crippen LogP contribution < -0.4 is 0 Å². The molecule has 0 saturated heterocycles. The monoisotopic (exact) mass is 210 g/mol. The third kappa shape index (κ3) is 3.81. The Morgan fingerprint density at radius 2 is 2.07 bits per heavy atom. The van der Waals surface area contributed by atoms with E-state index in [0.717, 1.165) is 11.8 Å². The Bertz CT molecular complexity index is 173. The van der Waals surface area contributed by atoms with Crippen molar-refractivity contribution in [3.05, 3.63) is 0 Å². The van der Waals surface area contributed by atoms with Gasteiger partial charge in [0, 0.05) is 0 Å². The lowest BCUT2D eigenvalue weighted by Crippen LogP contribution is -2.22. The first-order chi connectivity index (χ1) is 7.08. The molecule has 0 radical (unpaired) electrons. The summed E-state index contributed by atoms with van der Waals surface area (Å²) in [4.78, 5) is 0. The van der Waals surface area contributed by atoms with Crippen molar-refractivity contribution >= 4 is 0 Å². The molecule has 0 aliphatic heterocycles. The first-order valence-electron chi connectivity index (χ1n) is 7.08. The van der Waals surface area contributed by atoms with Gasteiger partial charge in [0.05, 0.1) is 0 Å². The fourth-order valence-corrected chi connectivity index (χ4v) is 3.35. The Morgan fingerprint density at radius 1 is 1.33 bits per heavy atom. The van der Waals surface area contributed by atoms with E-state index in [1.807, 2.05) is 0 Å². The normalized spacial score (nSPS) is 33.2. The molecule has 3 unspecified atom stereocenters. The SMILES string of the molecule is CCCCCC(C)CC1(C)CCCC1C. The quantitative estimate of drug-likeness (QED) is 0.514. The molecular formula is C15H30. The molecule has 1 fully saturated rings. The highest BCUT2D eigenvalue weighted by atomic mass is 14.4. The lowest BCUT2D eigenvalue weighted by Gasteiger charge is -2.32. The van der Waals surface area contributed by atoms with Crippen molar-refractivity contribution in [1.29, 1.82) is 0 Å². The maximum Gasteiger partial charge on any atom is -0.0298 e. The van der Waals surface area contributed by atoms with Crippen molar-refractivity contribution in [2.24, 2.45) is 17.3 Å². The second kappa shape index (κ2) is 5.92. The molecule has 15 heavy (non-hydrogen) atoms. The summed E-state index contributed by atoms with van der Waals surface area (Å²) in [5.74, 6) is 1.91. The molecule has 0 heterocycles. The summed E-state index contributed by atoms with van der Waals surface area (Å²) < 4.78 is 0. The van der Waals surface area contributed by atoms with Crippen LogP contribution in [0.3, 0.4) is 0 Å². The van der Waals surface area contributed by atoms with Crippen LogP contribution >= 0.6 is 0 Å². The molecule has 1 saturated carbocycles. The first kappa shape index (κ1) is 13.1. The predicted octanol–water partition coefficient (Wildman–Crippen LogP) is 5.42. The fourth-order valence-electron chi connectivity index (χ4n) is 3.35. The van der Waals surface area contributed by atoms with E-state index >= 15 is 0 Å². The lowest BCUT2D eigenvalue weighted by atomic mass is 9.73. The number of hydrogen-bond donors (Lipinski definition) is 0. The summed E-state index contributed by atoms with van der Waals surface area (Å²) in [6.07, 6.45) is 11.6. The van der Waals surface area contributed by atoms with E-state index in [1.54, 1.807) is 0 Å². The molecule has 3 atom stereocenters. The maximum atomic E-state index is 2.53. The lowest BCUT2D eigenvalue weighted by molar-refractivity contribution is 0.184. The summed E-state index contributed by atoms with van der Waals surface area (Å²) in [7, 11) is 0. The minimum absolute atomic E-state index is 0.672. The minimum atomic E-state index is 0.672. The van der Waals surface area contributed by atoms with Crippen LogP contribution in [0.2, 0.25) is 0 Å². The summed E-state index contributed by atoms with van der Waals surface area (Å²) in [5.41, 5.74) is 0.672. The number of hydrogen-bond acceptors (Lipinski definition) is 0. The van der Waals surface area contributed by atoms with Gasteiger partial charge in [0.25, 0.3) is 0 Å². The van der Waals surface area contributed by atoms with Gasteiger partial charge in [-0.1, -0.05) is 66.2 Å². The molecule has 1 aliphatic carbocycles. The van der Waals surface area contributed by atoms with Gasteiger partial charge >= 0.3 is 0 Å². The third-order valence-electron chi connectivity index (χ3n) is 4.69. The van der Waals surface area contributed by atoms with Crippen molar-refractivity contribution in [2.75, 3.05) is 0 Å². The Balaban J connectivity index is 2.27. The third-order valence-corrected chi connectivity index (χ3v) is 4.69. The molecule has 0 nitrogen and oxygen atoms in total. The van der Waals surface area contributed by atoms with Gasteiger partial charge in [0.15, 0.2) is 0 Å². The van der Waals surface area contributed by atoms with E-state index in [2.05, 4.69) is 27.7 Å². The molecule has 1 rings (SSSR count). The molecule has 0 aromatic rings. The van der Waals surface area contributed by atoms with E-state index in [0.29, 0.717) is 5.41 Å². The topological polar surface area (TPSA) is 0 Å². The van der Waals surface area contributed by atoms with Gasteiger partial charge in [0.1, 0.15) is 0 Å². The molecule has 0 amide bonds. The van der Waals surface area contributed by atoms with E-state index in [9.17, 15) is 0 Å². The van der Waals surface area contributed by atoms with Crippen molar-refractivity contribution in [1.82, 2.24) is 0 Å². The minimum Gasteiger partial charge on any atom is -0.0654 e. The van der Waals surface area contributed by atoms with Crippen molar-refractivity contribution in [2.45, 2.75) is 79.1 Å². The van der Waals surface area contributed by atoms with Crippen LogP contribution in [0.4, 0.5) is 0 Å². The summed E-state index contributed by atoms with van der Waals surface area (Å²) >= 11 is 0. The smallest absolute Gasteiger partial charge is 0.0298 e. The van der Waals surface area contributed by atoms with Crippen molar-refractivity contribution < 1.29 is 0 Å². The van der Waals surface area contributed by atoms with Gasteiger partial charge in [-0.25, -0.2) is 0 Å². The highest BCUT2D eigenvalue weighted by Crippen LogP contribution is 2.47. The van der Waals surface area contributed by atoms with E-state index in [4.69, 9.17) is 0 Å². The average Bonchev–Trinajstić information content (AvgIpc) is 2.47. The zero-order valence-electron chi connectivity index (χ0n) is 11.3. The van der Waals surface area contributed by atoms with Crippen LogP contribution in [0.5, 0.6) is 0 Å². The molecule has 0 aromatic heterocycles. The molecule has 0 bridgehead atoms. The largest absolute Gasteiger partial charge is 0.0654 e. The zero-order valence-corrected chi connectivity index (χ0v) is 11.3. The van der Waals surface area contributed by atoms with Gasteiger partial charge in [-0.15, -0.1) is 0 Å². The number of rotatable bonds is 6. The average molecular weight is 210 g/mol. The van der Waals surface area contributed by atoms with Crippen LogP contribution in [0, 0.1) is 17.3 Å². The van der Waals surface area contributed by atoms with E-state index in [-0.39, 0.29) is 0 Å². The van der Waals surface area contributed by atoms with Gasteiger partial charge in [0.2, 0.25) is 0 Å². The second-order valence-corrected chi connectivity index (χ2v) is 6.25. The molecule has 0 heteroatoms. The first-order valence-corrected chi connectivity index (χ1v) is 7.08. The highest BCUT2D eigenvalue weighted by molar-refractivity contribution is 4.87. The Kier molecular flexibility index (Phi) is 5.15. The predicted molar refractivity (Wildman–Crippen MR) is 69.0 cm³/mol. The van der Waals surface area contributed by atoms with Crippen LogP contribution in [-0.2, 0) is 0 Å². The fraction of sp³-hybridized carbons (Fsp3) is 1.00. The Hall–Kier alpha value is 0. The van der Waals surface area contributed by atoms with Gasteiger partial charge in [-0.05, 0) is 30.1 Å². The van der Waals surface area contributed by atoms with E-state index < -0.39 is 0 Å². The molecule has 0 spiro atoms. The maximum absolute atomic E-state index is 2.53. The Labute approximate surface area is 96.8 Å². The van der Waals surface area contributed by atoms with Gasteiger partial charge in [-0.2, -0.15) is 0 Å². The van der Waals surface area contributed by atoms with Crippen LogP contribution in [0.1, 0.15) is 79.1 Å². The number of unbranched alkanes of at least 4 members (excludes halogenated alkanes) is 2. The van der Waals surface area contributed by atoms with Crippen LogP contribution in [-0.4, -0.2) is 0 Å².